The number of hydrogen-bond donors (Lipinski definition) is 2. The van der Waals surface area contributed by atoms with Gasteiger partial charge in [0.15, 0.2) is 0 Å². The van der Waals surface area contributed by atoms with Gasteiger partial charge in [-0.05, 0) is 12.8 Å². The Balaban J connectivity index is 1.58. The number of nitrogens with zero attached hydrogens (tertiary/aromatic N) is 1. The van der Waals surface area contributed by atoms with Crippen molar-refractivity contribution < 1.29 is 24.0 Å². The molecule has 0 aromatic carbocycles. The summed E-state index contributed by atoms with van der Waals surface area (Å²) in [6.45, 7) is 0.339. The van der Waals surface area contributed by atoms with Gasteiger partial charge in [-0.2, -0.15) is 0 Å². The zero-order valence-electron chi connectivity index (χ0n) is 12.0. The van der Waals surface area contributed by atoms with Crippen molar-refractivity contribution in [2.45, 2.75) is 38.1 Å². The molecule has 2 heterocycles. The van der Waals surface area contributed by atoms with Gasteiger partial charge in [0.25, 0.3) is 11.8 Å². The molecule has 0 bridgehead atoms. The van der Waals surface area contributed by atoms with E-state index in [0.29, 0.717) is 25.8 Å². The summed E-state index contributed by atoms with van der Waals surface area (Å²) in [5.41, 5.74) is 0. The monoisotopic (exact) mass is 307 g/mol. The Morgan fingerprint density at radius 2 is 1.82 bits per heavy atom. The van der Waals surface area contributed by atoms with Crippen LogP contribution in [0.5, 0.6) is 0 Å². The zero-order valence-corrected chi connectivity index (χ0v) is 12.0. The molecule has 1 atom stereocenters. The Labute approximate surface area is 126 Å². The highest BCUT2D eigenvalue weighted by atomic mass is 16.2. The summed E-state index contributed by atoms with van der Waals surface area (Å²) in [6, 6.07) is -0.772. The van der Waals surface area contributed by atoms with Gasteiger partial charge in [0.05, 0.1) is 6.42 Å². The highest BCUT2D eigenvalue weighted by Gasteiger charge is 2.31. The van der Waals surface area contributed by atoms with Crippen LogP contribution in [0.1, 0.15) is 32.1 Å². The standard InChI is InChI=1S/C14H17N3O5/c18-10(15-9-8-11(19)16-14(9)22)4-2-1-3-7-17-12(20)5-6-13(17)21/h5-6,9H,1-4,7-8H2,(H,15,18)(H,16,19,22). The summed E-state index contributed by atoms with van der Waals surface area (Å²) in [6.07, 6.45) is 4.58. The van der Waals surface area contributed by atoms with E-state index in [1.165, 1.54) is 12.2 Å². The molecule has 8 heteroatoms. The Bertz CT molecular complexity index is 537. The average Bonchev–Trinajstić information content (AvgIpc) is 2.93. The average molecular weight is 307 g/mol. The molecule has 0 aromatic rings. The highest BCUT2D eigenvalue weighted by molar-refractivity contribution is 6.12. The maximum absolute atomic E-state index is 11.6. The third-order valence-electron chi connectivity index (χ3n) is 3.49. The Morgan fingerprint density at radius 1 is 1.14 bits per heavy atom. The lowest BCUT2D eigenvalue weighted by molar-refractivity contribution is -0.137. The Morgan fingerprint density at radius 3 is 2.41 bits per heavy atom. The molecule has 0 saturated carbocycles. The first-order chi connectivity index (χ1) is 10.5. The molecule has 1 saturated heterocycles. The summed E-state index contributed by atoms with van der Waals surface area (Å²) in [7, 11) is 0. The van der Waals surface area contributed by atoms with Gasteiger partial charge >= 0.3 is 0 Å². The largest absolute Gasteiger partial charge is 0.344 e. The van der Waals surface area contributed by atoms with E-state index in [0.717, 1.165) is 4.90 Å². The molecule has 5 amide bonds. The smallest absolute Gasteiger partial charge is 0.253 e. The number of carbonyl (C=O) groups excluding carboxylic acids is 5. The molecule has 0 spiro atoms. The molecule has 2 N–H and O–H groups in total. The van der Waals surface area contributed by atoms with Crippen molar-refractivity contribution in [3.8, 4) is 0 Å². The number of nitrogens with one attached hydrogen (secondary N) is 2. The second kappa shape index (κ2) is 6.97. The predicted molar refractivity (Wildman–Crippen MR) is 74.0 cm³/mol. The molecule has 22 heavy (non-hydrogen) atoms. The van der Waals surface area contributed by atoms with E-state index in [4.69, 9.17) is 0 Å². The van der Waals surface area contributed by atoms with Crippen molar-refractivity contribution in [2.24, 2.45) is 0 Å². The minimum Gasteiger partial charge on any atom is -0.344 e. The van der Waals surface area contributed by atoms with Crippen molar-refractivity contribution in [2.75, 3.05) is 6.54 Å². The van der Waals surface area contributed by atoms with Crippen LogP contribution >= 0.6 is 0 Å². The fourth-order valence-electron chi connectivity index (χ4n) is 2.32. The van der Waals surface area contributed by atoms with Crippen LogP contribution in [0.25, 0.3) is 0 Å². The molecular weight excluding hydrogens is 290 g/mol. The third kappa shape index (κ3) is 4.00. The number of rotatable bonds is 7. The minimum absolute atomic E-state index is 0.0171. The molecule has 2 aliphatic rings. The van der Waals surface area contributed by atoms with E-state index in [2.05, 4.69) is 10.6 Å². The SMILES string of the molecule is O=C1CC(NC(=O)CCCCCN2C(=O)C=CC2=O)C(=O)N1. The first-order valence-electron chi connectivity index (χ1n) is 7.14. The summed E-state index contributed by atoms with van der Waals surface area (Å²) in [4.78, 5) is 57.7. The van der Waals surface area contributed by atoms with E-state index in [1.807, 2.05) is 0 Å². The van der Waals surface area contributed by atoms with Gasteiger partial charge in [0, 0.05) is 25.1 Å². The lowest BCUT2D eigenvalue weighted by Crippen LogP contribution is -2.40. The molecule has 2 aliphatic heterocycles. The fraction of sp³-hybridized carbons (Fsp3) is 0.500. The van der Waals surface area contributed by atoms with E-state index >= 15 is 0 Å². The van der Waals surface area contributed by atoms with E-state index in [1.54, 1.807) is 0 Å². The van der Waals surface area contributed by atoms with Gasteiger partial charge in [-0.15, -0.1) is 0 Å². The second-order valence-electron chi connectivity index (χ2n) is 5.21. The number of amides is 5. The number of unbranched alkanes of at least 4 members (excludes halogenated alkanes) is 2. The molecule has 1 unspecified atom stereocenters. The molecular formula is C14H17N3O5. The first kappa shape index (κ1) is 15.9. The number of imide groups is 2. The normalized spacial score (nSPS) is 20.7. The quantitative estimate of drug-likeness (QED) is 0.463. The Hall–Kier alpha value is -2.51. The van der Waals surface area contributed by atoms with Crippen molar-refractivity contribution >= 4 is 29.5 Å². The highest BCUT2D eigenvalue weighted by Crippen LogP contribution is 2.08. The Kier molecular flexibility index (Phi) is 5.03. The zero-order chi connectivity index (χ0) is 16.1. The molecule has 0 aliphatic carbocycles. The molecule has 0 aromatic heterocycles. The lowest BCUT2D eigenvalue weighted by atomic mass is 10.1. The third-order valence-corrected chi connectivity index (χ3v) is 3.49. The maximum Gasteiger partial charge on any atom is 0.253 e. The van der Waals surface area contributed by atoms with Gasteiger partial charge in [-0.3, -0.25) is 34.2 Å². The summed E-state index contributed by atoms with van der Waals surface area (Å²) >= 11 is 0. The fourth-order valence-corrected chi connectivity index (χ4v) is 2.32. The predicted octanol–water partition coefficient (Wildman–Crippen LogP) is -0.997. The molecule has 8 nitrogen and oxygen atoms in total. The van der Waals surface area contributed by atoms with Crippen molar-refractivity contribution in [1.29, 1.82) is 0 Å². The van der Waals surface area contributed by atoms with Crippen molar-refractivity contribution in [3.05, 3.63) is 12.2 Å². The van der Waals surface area contributed by atoms with Crippen molar-refractivity contribution in [3.63, 3.8) is 0 Å². The second-order valence-corrected chi connectivity index (χ2v) is 5.21. The van der Waals surface area contributed by atoms with Gasteiger partial charge < -0.3 is 5.32 Å². The van der Waals surface area contributed by atoms with Crippen LogP contribution in [-0.4, -0.2) is 47.0 Å². The van der Waals surface area contributed by atoms with Crippen LogP contribution in [0.3, 0.4) is 0 Å². The van der Waals surface area contributed by atoms with Crippen molar-refractivity contribution in [1.82, 2.24) is 15.5 Å². The van der Waals surface area contributed by atoms with E-state index in [-0.39, 0.29) is 36.5 Å². The van der Waals surface area contributed by atoms with Gasteiger partial charge in [0.2, 0.25) is 17.7 Å². The van der Waals surface area contributed by atoms with Gasteiger partial charge in [-0.1, -0.05) is 6.42 Å². The number of carbonyl (C=O) groups is 5. The van der Waals surface area contributed by atoms with Crippen LogP contribution in [0, 0.1) is 0 Å². The van der Waals surface area contributed by atoms with Crippen LogP contribution in [0.15, 0.2) is 12.2 Å². The van der Waals surface area contributed by atoms with Crippen LogP contribution in [-0.2, 0) is 24.0 Å². The summed E-state index contributed by atoms with van der Waals surface area (Å²) in [5, 5.41) is 4.62. The maximum atomic E-state index is 11.6. The first-order valence-corrected chi connectivity index (χ1v) is 7.14. The van der Waals surface area contributed by atoms with Crippen LogP contribution in [0.2, 0.25) is 0 Å². The minimum atomic E-state index is -0.772. The molecule has 1 fully saturated rings. The number of hydrogen-bond acceptors (Lipinski definition) is 5. The van der Waals surface area contributed by atoms with Crippen LogP contribution in [0.4, 0.5) is 0 Å². The molecule has 2 rings (SSSR count). The van der Waals surface area contributed by atoms with Gasteiger partial charge in [0.1, 0.15) is 6.04 Å². The summed E-state index contributed by atoms with van der Waals surface area (Å²) < 4.78 is 0. The molecule has 118 valence electrons. The van der Waals surface area contributed by atoms with Gasteiger partial charge in [-0.25, -0.2) is 0 Å². The topological polar surface area (TPSA) is 113 Å². The molecule has 0 radical (unpaired) electrons. The van der Waals surface area contributed by atoms with E-state index < -0.39 is 11.9 Å². The summed E-state index contributed by atoms with van der Waals surface area (Å²) in [5.74, 6) is -1.76. The van der Waals surface area contributed by atoms with Crippen LogP contribution < -0.4 is 10.6 Å². The lowest BCUT2D eigenvalue weighted by Gasteiger charge is -2.13. The van der Waals surface area contributed by atoms with E-state index in [9.17, 15) is 24.0 Å².